The Kier molecular flexibility index (Phi) is 8.77. The summed E-state index contributed by atoms with van der Waals surface area (Å²) in [5.74, 6) is 0.683. The number of fused-ring (bicyclic) bond motifs is 1. The highest BCUT2D eigenvalue weighted by Crippen LogP contribution is 2.29. The lowest BCUT2D eigenvalue weighted by Gasteiger charge is -2.32. The van der Waals surface area contributed by atoms with Gasteiger partial charge in [-0.2, -0.15) is 0 Å². The molecule has 0 aliphatic carbocycles. The van der Waals surface area contributed by atoms with Crippen LogP contribution in [0, 0.1) is 5.41 Å². The average Bonchev–Trinajstić information content (AvgIpc) is 2.74. The predicted octanol–water partition coefficient (Wildman–Crippen LogP) is 2.71. The van der Waals surface area contributed by atoms with Crippen LogP contribution in [0.1, 0.15) is 52.0 Å². The number of hydrogen-bond donors (Lipinski definition) is 3. The van der Waals surface area contributed by atoms with E-state index in [9.17, 15) is 9.90 Å². The molecule has 1 heterocycles. The summed E-state index contributed by atoms with van der Waals surface area (Å²) in [7, 11) is 0. The van der Waals surface area contributed by atoms with E-state index in [2.05, 4.69) is 35.5 Å². The standard InChI is InChI=1S/C22H36N4O2/c1-4-22(5-2,13-15-27)17-25-21(23-6-3)24-16-20(28)26-14-9-11-18-10-7-8-12-19(18)26/h7-8,10,12,27H,4-6,9,11,13-17H2,1-3H3,(H2,23,24,25). The zero-order valence-electron chi connectivity index (χ0n) is 17.6. The highest BCUT2D eigenvalue weighted by molar-refractivity contribution is 5.97. The maximum atomic E-state index is 12.8. The van der Waals surface area contributed by atoms with E-state index < -0.39 is 0 Å². The Hall–Kier alpha value is -2.08. The van der Waals surface area contributed by atoms with Crippen LogP contribution in [0.4, 0.5) is 5.69 Å². The molecule has 1 aromatic carbocycles. The lowest BCUT2D eigenvalue weighted by atomic mass is 9.79. The number of benzene rings is 1. The molecular weight excluding hydrogens is 352 g/mol. The van der Waals surface area contributed by atoms with Crippen molar-refractivity contribution in [2.24, 2.45) is 10.4 Å². The molecule has 156 valence electrons. The first-order valence-corrected chi connectivity index (χ1v) is 10.6. The van der Waals surface area contributed by atoms with Gasteiger partial charge in [-0.05, 0) is 56.1 Å². The van der Waals surface area contributed by atoms with Crippen LogP contribution in [0.25, 0.3) is 0 Å². The highest BCUT2D eigenvalue weighted by atomic mass is 16.3. The number of aliphatic hydroxyl groups is 1. The molecule has 1 amide bonds. The van der Waals surface area contributed by atoms with Crippen LogP contribution in [-0.2, 0) is 11.2 Å². The summed E-state index contributed by atoms with van der Waals surface area (Å²) in [6, 6.07) is 8.12. The van der Waals surface area contributed by atoms with Gasteiger partial charge in [0.25, 0.3) is 0 Å². The third-order valence-corrected chi connectivity index (χ3v) is 5.90. The summed E-state index contributed by atoms with van der Waals surface area (Å²) in [5.41, 5.74) is 2.29. The van der Waals surface area contributed by atoms with Crippen molar-refractivity contribution in [3.63, 3.8) is 0 Å². The van der Waals surface area contributed by atoms with E-state index in [1.54, 1.807) is 0 Å². The van der Waals surface area contributed by atoms with E-state index in [1.807, 2.05) is 30.0 Å². The van der Waals surface area contributed by atoms with Gasteiger partial charge in [0, 0.05) is 31.9 Å². The number of hydrogen-bond acceptors (Lipinski definition) is 3. The van der Waals surface area contributed by atoms with E-state index >= 15 is 0 Å². The number of aryl methyl sites for hydroxylation is 1. The molecular formula is C22H36N4O2. The zero-order valence-corrected chi connectivity index (χ0v) is 17.6. The smallest absolute Gasteiger partial charge is 0.248 e. The Labute approximate surface area is 169 Å². The first-order chi connectivity index (χ1) is 13.6. The van der Waals surface area contributed by atoms with Crippen molar-refractivity contribution in [1.29, 1.82) is 0 Å². The second kappa shape index (κ2) is 11.1. The van der Waals surface area contributed by atoms with Gasteiger partial charge in [-0.15, -0.1) is 0 Å². The molecule has 28 heavy (non-hydrogen) atoms. The number of aliphatic imine (C=N–C) groups is 1. The molecule has 1 aliphatic heterocycles. The van der Waals surface area contributed by atoms with Crippen LogP contribution >= 0.6 is 0 Å². The average molecular weight is 389 g/mol. The van der Waals surface area contributed by atoms with Crippen molar-refractivity contribution in [3.8, 4) is 0 Å². The number of anilines is 1. The summed E-state index contributed by atoms with van der Waals surface area (Å²) >= 11 is 0. The molecule has 0 radical (unpaired) electrons. The topological polar surface area (TPSA) is 77.0 Å². The molecule has 0 unspecified atom stereocenters. The van der Waals surface area contributed by atoms with Crippen LogP contribution in [0.5, 0.6) is 0 Å². The van der Waals surface area contributed by atoms with Crippen molar-refractivity contribution in [2.75, 3.05) is 37.7 Å². The van der Waals surface area contributed by atoms with Crippen LogP contribution in [0.3, 0.4) is 0 Å². The summed E-state index contributed by atoms with van der Waals surface area (Å²) in [6.07, 6.45) is 4.74. The van der Waals surface area contributed by atoms with Crippen LogP contribution < -0.4 is 15.5 Å². The first-order valence-electron chi connectivity index (χ1n) is 10.6. The van der Waals surface area contributed by atoms with E-state index in [0.29, 0.717) is 5.96 Å². The number of carbonyl (C=O) groups excluding carboxylic acids is 1. The quantitative estimate of drug-likeness (QED) is 0.449. The van der Waals surface area contributed by atoms with Crippen molar-refractivity contribution in [3.05, 3.63) is 29.8 Å². The fraction of sp³-hybridized carbons (Fsp3) is 0.636. The molecule has 3 N–H and O–H groups in total. The van der Waals surface area contributed by atoms with Gasteiger partial charge in [0.15, 0.2) is 5.96 Å². The van der Waals surface area contributed by atoms with Gasteiger partial charge in [0.1, 0.15) is 6.54 Å². The Bertz CT molecular complexity index is 656. The number of amides is 1. The fourth-order valence-corrected chi connectivity index (χ4v) is 3.82. The van der Waals surface area contributed by atoms with Gasteiger partial charge in [0.05, 0.1) is 0 Å². The number of aliphatic hydroxyl groups excluding tert-OH is 1. The van der Waals surface area contributed by atoms with E-state index in [4.69, 9.17) is 0 Å². The molecule has 0 atom stereocenters. The number of guanidine groups is 1. The molecule has 0 saturated heterocycles. The lowest BCUT2D eigenvalue weighted by Crippen LogP contribution is -2.44. The number of nitrogens with one attached hydrogen (secondary N) is 2. The monoisotopic (exact) mass is 388 g/mol. The molecule has 6 nitrogen and oxygen atoms in total. The minimum absolute atomic E-state index is 0.0250. The van der Waals surface area contributed by atoms with Crippen molar-refractivity contribution >= 4 is 17.6 Å². The maximum Gasteiger partial charge on any atom is 0.248 e. The minimum atomic E-state index is 0.0250. The van der Waals surface area contributed by atoms with Crippen molar-refractivity contribution in [2.45, 2.75) is 52.9 Å². The van der Waals surface area contributed by atoms with E-state index in [1.165, 1.54) is 5.56 Å². The Morgan fingerprint density at radius 1 is 1.21 bits per heavy atom. The number of para-hydroxylation sites is 1. The van der Waals surface area contributed by atoms with Gasteiger partial charge in [-0.1, -0.05) is 32.0 Å². The summed E-state index contributed by atoms with van der Waals surface area (Å²) in [5, 5.41) is 16.0. The minimum Gasteiger partial charge on any atom is -0.396 e. The van der Waals surface area contributed by atoms with Gasteiger partial charge in [-0.3, -0.25) is 4.79 Å². The molecule has 0 saturated carbocycles. The fourth-order valence-electron chi connectivity index (χ4n) is 3.82. The second-order valence-electron chi connectivity index (χ2n) is 7.51. The molecule has 0 spiro atoms. The Balaban J connectivity index is 2.03. The summed E-state index contributed by atoms with van der Waals surface area (Å²) in [4.78, 5) is 19.2. The van der Waals surface area contributed by atoms with Crippen molar-refractivity contribution in [1.82, 2.24) is 10.6 Å². The summed E-state index contributed by atoms with van der Waals surface area (Å²) < 4.78 is 0. The van der Waals surface area contributed by atoms with Gasteiger partial charge in [0.2, 0.25) is 5.91 Å². The highest BCUT2D eigenvalue weighted by Gasteiger charge is 2.26. The van der Waals surface area contributed by atoms with Gasteiger partial charge in [-0.25, -0.2) is 4.99 Å². The largest absolute Gasteiger partial charge is 0.396 e. The third-order valence-electron chi connectivity index (χ3n) is 5.90. The summed E-state index contributed by atoms with van der Waals surface area (Å²) in [6.45, 7) is 8.84. The molecule has 0 aromatic heterocycles. The third kappa shape index (κ3) is 5.71. The number of nitrogens with zero attached hydrogens (tertiary/aromatic N) is 2. The SMILES string of the molecule is CCNC(=NCC(=O)N1CCCc2ccccc21)NCC(CC)(CC)CCO. The van der Waals surface area contributed by atoms with E-state index in [0.717, 1.165) is 57.4 Å². The number of rotatable bonds is 9. The zero-order chi connectivity index (χ0) is 20.4. The molecule has 1 aromatic rings. The maximum absolute atomic E-state index is 12.8. The molecule has 0 fully saturated rings. The molecule has 2 rings (SSSR count). The lowest BCUT2D eigenvalue weighted by molar-refractivity contribution is -0.117. The van der Waals surface area contributed by atoms with Crippen LogP contribution in [0.2, 0.25) is 0 Å². The predicted molar refractivity (Wildman–Crippen MR) is 116 cm³/mol. The van der Waals surface area contributed by atoms with E-state index in [-0.39, 0.29) is 24.5 Å². The molecule has 1 aliphatic rings. The Morgan fingerprint density at radius 3 is 2.64 bits per heavy atom. The number of carbonyl (C=O) groups is 1. The van der Waals surface area contributed by atoms with Crippen LogP contribution in [-0.4, -0.2) is 49.8 Å². The van der Waals surface area contributed by atoms with Gasteiger partial charge < -0.3 is 20.6 Å². The molecule has 6 heteroatoms. The normalized spacial score (nSPS) is 14.6. The second-order valence-corrected chi connectivity index (χ2v) is 7.51. The van der Waals surface area contributed by atoms with Crippen molar-refractivity contribution < 1.29 is 9.90 Å². The van der Waals surface area contributed by atoms with Gasteiger partial charge >= 0.3 is 0 Å². The Morgan fingerprint density at radius 2 is 1.96 bits per heavy atom. The van der Waals surface area contributed by atoms with Crippen LogP contribution in [0.15, 0.2) is 29.3 Å². The first kappa shape index (κ1) is 22.2. The molecule has 0 bridgehead atoms.